The van der Waals surface area contributed by atoms with Crippen LogP contribution >= 0.6 is 0 Å². The minimum Gasteiger partial charge on any atom is -1.00 e. The molecule has 0 bridgehead atoms. The Hall–Kier alpha value is 0.240. The third kappa shape index (κ3) is 14.0. The molecule has 9 heteroatoms. The van der Waals surface area contributed by atoms with Gasteiger partial charge in [0, 0.05) is 25.5 Å². The first-order valence-corrected chi connectivity index (χ1v) is 9.25. The van der Waals surface area contributed by atoms with Crippen molar-refractivity contribution < 1.29 is 86.5 Å². The quantitative estimate of drug-likeness (QED) is 0.222. The molecule has 1 atom stereocenters. The fourth-order valence-corrected chi connectivity index (χ4v) is 2.93. The van der Waals surface area contributed by atoms with E-state index in [-0.39, 0.29) is 87.6 Å². The van der Waals surface area contributed by atoms with Crippen molar-refractivity contribution in [1.82, 2.24) is 9.80 Å². The van der Waals surface area contributed by atoms with E-state index in [1.54, 1.807) is 0 Å². The van der Waals surface area contributed by atoms with Gasteiger partial charge in [-0.15, -0.1) is 0 Å². The van der Waals surface area contributed by atoms with Crippen molar-refractivity contribution in [2.45, 2.75) is 64.5 Å². The molecule has 1 aliphatic heterocycles. The maximum absolute atomic E-state index is 10.8. The minimum atomic E-state index is -0.856. The Balaban J connectivity index is -0.000000781. The van der Waals surface area contributed by atoms with Gasteiger partial charge >= 0.3 is 71.1 Å². The van der Waals surface area contributed by atoms with Gasteiger partial charge in [-0.3, -0.25) is 9.59 Å². The van der Waals surface area contributed by atoms with E-state index in [1.165, 1.54) is 25.7 Å². The molecule has 1 rings (SSSR count). The van der Waals surface area contributed by atoms with E-state index < -0.39 is 11.9 Å². The number of ether oxygens (including phenoxy) is 1. The van der Waals surface area contributed by atoms with Crippen LogP contribution in [0.1, 0.15) is 61.1 Å². The van der Waals surface area contributed by atoms with Gasteiger partial charge in [0.25, 0.3) is 0 Å². The maximum atomic E-state index is 10.8. The van der Waals surface area contributed by atoms with Crippen molar-refractivity contribution in [3.8, 4) is 0 Å². The Morgan fingerprint density at radius 2 is 1.52 bits per heavy atom. The Bertz CT molecular complexity index is 448. The molecule has 0 radical (unpaired) electrons. The van der Waals surface area contributed by atoms with E-state index in [9.17, 15) is 9.59 Å². The third-order valence-electron chi connectivity index (χ3n) is 4.32. The summed E-state index contributed by atoms with van der Waals surface area (Å²) in [5, 5.41) is 17.5. The molecule has 0 fully saturated rings. The van der Waals surface area contributed by atoms with Crippen LogP contribution in [0.5, 0.6) is 0 Å². The summed E-state index contributed by atoms with van der Waals surface area (Å²) < 4.78 is 5.38. The molecule has 148 valence electrons. The predicted octanol–water partition coefficient (Wildman–Crippen LogP) is -3.04. The van der Waals surface area contributed by atoms with Crippen LogP contribution in [0, 0.1) is 0 Å². The van der Waals surface area contributed by atoms with Gasteiger partial charge in [0.1, 0.15) is 6.17 Å². The molecular weight excluding hydrogens is 370 g/mol. The molecule has 0 saturated carbocycles. The van der Waals surface area contributed by atoms with E-state index in [2.05, 4.69) is 16.7 Å². The average Bonchev–Trinajstić information content (AvgIpc) is 2.94. The Labute approximate surface area is 210 Å². The maximum Gasteiger partial charge on any atom is 1.00 e. The number of rotatable bonds is 15. The smallest absolute Gasteiger partial charge is 1.00 e. The molecule has 0 aromatic carbocycles. The first kappa shape index (κ1) is 29.4. The van der Waals surface area contributed by atoms with Crippen LogP contribution in [0.25, 0.3) is 0 Å². The molecule has 1 aliphatic rings. The summed E-state index contributed by atoms with van der Waals surface area (Å²) in [5.41, 5.74) is 0. The molecule has 1 unspecified atom stereocenters. The number of hydrogen-bond donors (Lipinski definition) is 2. The summed E-state index contributed by atoms with van der Waals surface area (Å²) >= 11 is 0. The minimum absolute atomic E-state index is 0. The first-order chi connectivity index (χ1) is 12.0. The molecule has 0 spiro atoms. The Kier molecular flexibility index (Phi) is 19.9. The number of carbonyl (C=O) groups is 2. The second kappa shape index (κ2) is 18.3. The molecule has 0 aliphatic carbocycles. The molecule has 1 heterocycles. The van der Waals surface area contributed by atoms with E-state index in [0.717, 1.165) is 12.8 Å². The Morgan fingerprint density at radius 1 is 0.926 bits per heavy atom. The van der Waals surface area contributed by atoms with Crippen LogP contribution < -0.4 is 59.1 Å². The van der Waals surface area contributed by atoms with Crippen molar-refractivity contribution in [3.05, 3.63) is 12.4 Å². The SMILES string of the molecule is CCCCCCCC1N(CCOCCC(=O)O)C=CN1CCC(=O)O.[H-].[H-].[Na+].[Na+]. The second-order valence-electron chi connectivity index (χ2n) is 6.36. The molecule has 27 heavy (non-hydrogen) atoms. The fourth-order valence-electron chi connectivity index (χ4n) is 2.93. The van der Waals surface area contributed by atoms with E-state index in [4.69, 9.17) is 14.9 Å². The second-order valence-corrected chi connectivity index (χ2v) is 6.36. The third-order valence-corrected chi connectivity index (χ3v) is 4.32. The van der Waals surface area contributed by atoms with E-state index in [1.807, 2.05) is 12.4 Å². The summed E-state index contributed by atoms with van der Waals surface area (Å²) in [6.45, 7) is 4.07. The van der Waals surface area contributed by atoms with Gasteiger partial charge in [0.05, 0.1) is 26.1 Å². The number of aliphatic carboxylic acids is 2. The van der Waals surface area contributed by atoms with E-state index in [0.29, 0.717) is 19.7 Å². The number of nitrogens with zero attached hydrogens (tertiary/aromatic N) is 2. The molecule has 0 aromatic heterocycles. The van der Waals surface area contributed by atoms with Crippen molar-refractivity contribution >= 4 is 11.9 Å². The van der Waals surface area contributed by atoms with Gasteiger partial charge in [-0.25, -0.2) is 0 Å². The molecule has 0 saturated heterocycles. The van der Waals surface area contributed by atoms with Gasteiger partial charge in [-0.1, -0.05) is 32.6 Å². The van der Waals surface area contributed by atoms with Gasteiger partial charge in [-0.05, 0) is 12.8 Å². The average molecular weight is 404 g/mol. The van der Waals surface area contributed by atoms with E-state index >= 15 is 0 Å². The standard InChI is InChI=1S/C18H32N2O5.2Na.2H/c1-2-3-4-5-6-7-16-19(10-8-17(21)22)11-12-20(16)13-15-25-14-9-18(23)24;;;;/h11-12,16H,2-10,13-15H2,1H3,(H,21,22)(H,23,24);;;;/q;2*+1;2*-1. The zero-order valence-electron chi connectivity index (χ0n) is 19.2. The van der Waals surface area contributed by atoms with Crippen LogP contribution in [0.2, 0.25) is 0 Å². The Morgan fingerprint density at radius 3 is 2.11 bits per heavy atom. The van der Waals surface area contributed by atoms with Crippen molar-refractivity contribution in [3.63, 3.8) is 0 Å². The van der Waals surface area contributed by atoms with Crippen molar-refractivity contribution in [2.75, 3.05) is 26.3 Å². The first-order valence-electron chi connectivity index (χ1n) is 9.25. The number of carboxylic acids is 2. The molecular formula is C18H34N2Na2O5. The monoisotopic (exact) mass is 404 g/mol. The summed E-state index contributed by atoms with van der Waals surface area (Å²) in [4.78, 5) is 25.6. The van der Waals surface area contributed by atoms with Crippen LogP contribution in [-0.2, 0) is 14.3 Å². The van der Waals surface area contributed by atoms with Crippen molar-refractivity contribution in [2.24, 2.45) is 0 Å². The largest absolute Gasteiger partial charge is 1.00 e. The number of unbranched alkanes of at least 4 members (excludes halogenated alkanes) is 4. The summed E-state index contributed by atoms with van der Waals surface area (Å²) in [6, 6.07) is 0. The van der Waals surface area contributed by atoms with Gasteiger partial charge < -0.3 is 27.6 Å². The predicted molar refractivity (Wildman–Crippen MR) is 97.3 cm³/mol. The van der Waals surface area contributed by atoms with Crippen molar-refractivity contribution in [1.29, 1.82) is 0 Å². The zero-order chi connectivity index (χ0) is 18.5. The van der Waals surface area contributed by atoms with Crippen LogP contribution in [-0.4, -0.2) is 64.4 Å². The normalized spacial score (nSPS) is 15.4. The van der Waals surface area contributed by atoms with Gasteiger partial charge in [0.2, 0.25) is 0 Å². The summed E-state index contributed by atoms with van der Waals surface area (Å²) in [5.74, 6) is -1.64. The summed E-state index contributed by atoms with van der Waals surface area (Å²) in [6.07, 6.45) is 11.3. The zero-order valence-corrected chi connectivity index (χ0v) is 21.2. The van der Waals surface area contributed by atoms with Crippen LogP contribution in [0.15, 0.2) is 12.4 Å². The van der Waals surface area contributed by atoms with Crippen LogP contribution in [0.3, 0.4) is 0 Å². The van der Waals surface area contributed by atoms with Gasteiger partial charge in [0.15, 0.2) is 0 Å². The topological polar surface area (TPSA) is 90.3 Å². The number of carboxylic acid groups (broad SMARTS) is 2. The van der Waals surface area contributed by atoms with Gasteiger partial charge in [-0.2, -0.15) is 0 Å². The van der Waals surface area contributed by atoms with Crippen LogP contribution in [0.4, 0.5) is 0 Å². The molecule has 0 amide bonds. The molecule has 0 aromatic rings. The molecule has 7 nitrogen and oxygen atoms in total. The summed E-state index contributed by atoms with van der Waals surface area (Å²) in [7, 11) is 0. The number of hydrogen-bond acceptors (Lipinski definition) is 5. The molecule has 2 N–H and O–H groups in total. The fraction of sp³-hybridized carbons (Fsp3) is 0.778.